The monoisotopic (exact) mass is 233 g/mol. The van der Waals surface area contributed by atoms with Gasteiger partial charge in [0.2, 0.25) is 0 Å². The highest BCUT2D eigenvalue weighted by molar-refractivity contribution is 5.73. The number of piperidine rings is 1. The molecule has 0 bridgehead atoms. The van der Waals surface area contributed by atoms with Gasteiger partial charge in [-0.3, -0.25) is 4.79 Å². The van der Waals surface area contributed by atoms with Crippen LogP contribution in [0.1, 0.15) is 25.3 Å². The van der Waals surface area contributed by atoms with E-state index >= 15 is 0 Å². The minimum Gasteiger partial charge on any atom is -0.461 e. The average molecular weight is 233 g/mol. The Labute approximate surface area is 102 Å². The number of carbonyl (C=O) groups is 1. The van der Waals surface area contributed by atoms with E-state index in [0.717, 1.165) is 24.9 Å². The van der Waals surface area contributed by atoms with Crippen molar-refractivity contribution in [2.75, 3.05) is 6.54 Å². The van der Waals surface area contributed by atoms with Gasteiger partial charge in [-0.25, -0.2) is 0 Å². The first-order valence-electron chi connectivity index (χ1n) is 6.21. The topological polar surface area (TPSA) is 38.3 Å². The Hall–Kier alpha value is -1.35. The van der Waals surface area contributed by atoms with Crippen molar-refractivity contribution < 1.29 is 9.53 Å². The molecule has 1 fully saturated rings. The van der Waals surface area contributed by atoms with Crippen LogP contribution in [0.15, 0.2) is 30.3 Å². The highest BCUT2D eigenvalue weighted by atomic mass is 16.5. The molecule has 0 aromatic heterocycles. The predicted octanol–water partition coefficient (Wildman–Crippen LogP) is 2.12. The Morgan fingerprint density at radius 2 is 2.18 bits per heavy atom. The first kappa shape index (κ1) is 12.1. The summed E-state index contributed by atoms with van der Waals surface area (Å²) in [6.45, 7) is 3.43. The molecule has 17 heavy (non-hydrogen) atoms. The molecule has 1 saturated heterocycles. The molecular weight excluding hydrogens is 214 g/mol. The predicted molar refractivity (Wildman–Crippen MR) is 66.4 cm³/mol. The summed E-state index contributed by atoms with van der Waals surface area (Å²) in [4.78, 5) is 11.9. The number of ether oxygens (including phenoxy) is 1. The second-order valence-electron chi connectivity index (χ2n) is 4.58. The fraction of sp³-hybridized carbons (Fsp3) is 0.500. The van der Waals surface area contributed by atoms with E-state index in [1.165, 1.54) is 0 Å². The van der Waals surface area contributed by atoms with Crippen LogP contribution in [0, 0.1) is 5.92 Å². The number of carbonyl (C=O) groups excluding carboxylic acids is 1. The molecule has 0 radical (unpaired) electrons. The van der Waals surface area contributed by atoms with E-state index in [1.54, 1.807) is 0 Å². The third-order valence-electron chi connectivity index (χ3n) is 3.29. The second-order valence-corrected chi connectivity index (χ2v) is 4.58. The molecule has 0 aliphatic carbocycles. The van der Waals surface area contributed by atoms with Crippen molar-refractivity contribution in [3.63, 3.8) is 0 Å². The van der Waals surface area contributed by atoms with E-state index in [4.69, 9.17) is 4.74 Å². The number of rotatable bonds is 3. The highest BCUT2D eigenvalue weighted by Gasteiger charge is 2.28. The van der Waals surface area contributed by atoms with Crippen molar-refractivity contribution in [2.45, 2.75) is 32.4 Å². The Bertz CT molecular complexity index is 364. The molecule has 0 spiro atoms. The molecule has 1 aromatic rings. The van der Waals surface area contributed by atoms with Gasteiger partial charge in [-0.05, 0) is 31.9 Å². The van der Waals surface area contributed by atoms with Gasteiger partial charge in [0.05, 0.1) is 5.92 Å². The molecule has 1 N–H and O–H groups in total. The lowest BCUT2D eigenvalue weighted by atomic mass is 9.92. The fourth-order valence-electron chi connectivity index (χ4n) is 2.20. The van der Waals surface area contributed by atoms with Crippen molar-refractivity contribution in [1.29, 1.82) is 0 Å². The van der Waals surface area contributed by atoms with Gasteiger partial charge in [0, 0.05) is 6.04 Å². The van der Waals surface area contributed by atoms with Crippen LogP contribution in [0.4, 0.5) is 0 Å². The molecule has 1 aromatic carbocycles. The quantitative estimate of drug-likeness (QED) is 0.813. The van der Waals surface area contributed by atoms with Crippen molar-refractivity contribution in [3.05, 3.63) is 35.9 Å². The molecule has 3 nitrogen and oxygen atoms in total. The van der Waals surface area contributed by atoms with Gasteiger partial charge in [-0.1, -0.05) is 30.3 Å². The highest BCUT2D eigenvalue weighted by Crippen LogP contribution is 2.18. The number of esters is 1. The van der Waals surface area contributed by atoms with Crippen LogP contribution >= 0.6 is 0 Å². The van der Waals surface area contributed by atoms with Crippen LogP contribution in [0.25, 0.3) is 0 Å². The number of nitrogens with one attached hydrogen (secondary N) is 1. The van der Waals surface area contributed by atoms with E-state index in [9.17, 15) is 4.79 Å². The zero-order valence-corrected chi connectivity index (χ0v) is 10.2. The van der Waals surface area contributed by atoms with Crippen molar-refractivity contribution >= 4 is 5.97 Å². The molecule has 1 aliphatic rings. The number of benzene rings is 1. The molecule has 2 atom stereocenters. The van der Waals surface area contributed by atoms with Crippen LogP contribution in [0.3, 0.4) is 0 Å². The maximum atomic E-state index is 11.9. The summed E-state index contributed by atoms with van der Waals surface area (Å²) in [5.41, 5.74) is 1.04. The van der Waals surface area contributed by atoms with E-state index < -0.39 is 0 Å². The zero-order chi connectivity index (χ0) is 12.1. The lowest BCUT2D eigenvalue weighted by molar-refractivity contribution is -0.151. The van der Waals surface area contributed by atoms with Gasteiger partial charge in [0.1, 0.15) is 6.61 Å². The first-order valence-corrected chi connectivity index (χ1v) is 6.21. The molecule has 2 unspecified atom stereocenters. The third kappa shape index (κ3) is 3.30. The molecule has 3 heteroatoms. The molecular formula is C14H19NO2. The van der Waals surface area contributed by atoms with Gasteiger partial charge in [0.15, 0.2) is 0 Å². The zero-order valence-electron chi connectivity index (χ0n) is 10.2. The fourth-order valence-corrected chi connectivity index (χ4v) is 2.20. The van der Waals surface area contributed by atoms with E-state index in [-0.39, 0.29) is 17.9 Å². The summed E-state index contributed by atoms with van der Waals surface area (Å²) >= 11 is 0. The molecule has 0 amide bonds. The Morgan fingerprint density at radius 3 is 2.88 bits per heavy atom. The van der Waals surface area contributed by atoms with Crippen molar-refractivity contribution in [2.24, 2.45) is 5.92 Å². The van der Waals surface area contributed by atoms with Crippen LogP contribution in [0.5, 0.6) is 0 Å². The van der Waals surface area contributed by atoms with Gasteiger partial charge in [-0.15, -0.1) is 0 Å². The summed E-state index contributed by atoms with van der Waals surface area (Å²) in [5.74, 6) is -0.0685. The smallest absolute Gasteiger partial charge is 0.310 e. The number of hydrogen-bond donors (Lipinski definition) is 1. The van der Waals surface area contributed by atoms with E-state index in [1.807, 2.05) is 37.3 Å². The molecule has 1 aliphatic heterocycles. The minimum atomic E-state index is -0.0754. The van der Waals surface area contributed by atoms with Gasteiger partial charge >= 0.3 is 5.97 Å². The Balaban J connectivity index is 1.84. The molecule has 2 rings (SSSR count). The summed E-state index contributed by atoms with van der Waals surface area (Å²) < 4.78 is 5.36. The van der Waals surface area contributed by atoms with Gasteiger partial charge in [0.25, 0.3) is 0 Å². The van der Waals surface area contributed by atoms with Crippen LogP contribution in [-0.2, 0) is 16.1 Å². The average Bonchev–Trinajstić information content (AvgIpc) is 2.38. The second kappa shape index (κ2) is 5.82. The maximum absolute atomic E-state index is 11.9. The standard InChI is InChI=1S/C14H19NO2/c1-11-13(8-5-9-15-11)14(16)17-10-12-6-3-2-4-7-12/h2-4,6-7,11,13,15H,5,8-10H2,1H3. The minimum absolute atomic E-state index is 0.00691. The lowest BCUT2D eigenvalue weighted by Gasteiger charge is -2.28. The van der Waals surface area contributed by atoms with Crippen LogP contribution in [0.2, 0.25) is 0 Å². The van der Waals surface area contributed by atoms with E-state index in [0.29, 0.717) is 6.61 Å². The van der Waals surface area contributed by atoms with Crippen LogP contribution < -0.4 is 5.32 Å². The summed E-state index contributed by atoms with van der Waals surface area (Å²) in [6.07, 6.45) is 1.98. The molecule has 92 valence electrons. The van der Waals surface area contributed by atoms with Crippen molar-refractivity contribution in [3.8, 4) is 0 Å². The van der Waals surface area contributed by atoms with Crippen molar-refractivity contribution in [1.82, 2.24) is 5.32 Å². The maximum Gasteiger partial charge on any atom is 0.310 e. The third-order valence-corrected chi connectivity index (χ3v) is 3.29. The largest absolute Gasteiger partial charge is 0.461 e. The summed E-state index contributed by atoms with van der Waals surface area (Å²) in [7, 11) is 0. The number of hydrogen-bond acceptors (Lipinski definition) is 3. The first-order chi connectivity index (χ1) is 8.27. The normalized spacial score (nSPS) is 24.3. The summed E-state index contributed by atoms with van der Waals surface area (Å²) in [5, 5.41) is 3.31. The summed E-state index contributed by atoms with van der Waals surface area (Å²) in [6, 6.07) is 10.0. The SMILES string of the molecule is CC1NCCCC1C(=O)OCc1ccccc1. The molecule has 1 heterocycles. The molecule has 0 saturated carbocycles. The Kier molecular flexibility index (Phi) is 4.15. The lowest BCUT2D eigenvalue weighted by Crippen LogP contribution is -2.43. The Morgan fingerprint density at radius 1 is 1.41 bits per heavy atom. The van der Waals surface area contributed by atoms with Gasteiger partial charge in [-0.2, -0.15) is 0 Å². The van der Waals surface area contributed by atoms with Gasteiger partial charge < -0.3 is 10.1 Å². The van der Waals surface area contributed by atoms with E-state index in [2.05, 4.69) is 5.32 Å². The van der Waals surface area contributed by atoms with Crippen LogP contribution in [-0.4, -0.2) is 18.6 Å².